The lowest BCUT2D eigenvalue weighted by molar-refractivity contribution is -0.0210. The van der Waals surface area contributed by atoms with Crippen molar-refractivity contribution in [3.8, 4) is 5.75 Å². The van der Waals surface area contributed by atoms with Crippen LogP contribution in [0.5, 0.6) is 5.75 Å². The second-order valence-corrected chi connectivity index (χ2v) is 10.7. The first-order chi connectivity index (χ1) is 13.9. The van der Waals surface area contributed by atoms with E-state index in [-0.39, 0.29) is 17.9 Å². The molecule has 29 heavy (non-hydrogen) atoms. The van der Waals surface area contributed by atoms with Gasteiger partial charge in [-0.2, -0.15) is 4.31 Å². The molecule has 1 N–H and O–H groups in total. The molecule has 0 unspecified atom stereocenters. The minimum atomic E-state index is -3.47. The van der Waals surface area contributed by atoms with Gasteiger partial charge in [0.2, 0.25) is 0 Å². The van der Waals surface area contributed by atoms with E-state index in [4.69, 9.17) is 4.74 Å². The number of sulfonamides is 1. The van der Waals surface area contributed by atoms with E-state index >= 15 is 0 Å². The Bertz CT molecular complexity index is 902. The van der Waals surface area contributed by atoms with Crippen molar-refractivity contribution in [1.82, 2.24) is 9.21 Å². The number of rotatable bonds is 5. The number of nitrogens with zero attached hydrogens (tertiary/aromatic N) is 3. The molecule has 2 aromatic rings. The SMILES string of the molecule is C[C@@H]1CN(C[C@H]2CN(S(=O)(=O)c3cccs3)CCN2c2ccc(O)cc2)CCO1. The Morgan fingerprint density at radius 2 is 1.93 bits per heavy atom. The molecule has 2 aliphatic rings. The monoisotopic (exact) mass is 437 g/mol. The molecule has 0 saturated carbocycles. The van der Waals surface area contributed by atoms with Gasteiger partial charge in [0.25, 0.3) is 10.0 Å². The summed E-state index contributed by atoms with van der Waals surface area (Å²) in [5.41, 5.74) is 1.00. The molecule has 158 valence electrons. The van der Waals surface area contributed by atoms with E-state index in [1.807, 2.05) is 12.1 Å². The van der Waals surface area contributed by atoms with Gasteiger partial charge in [-0.3, -0.25) is 4.90 Å². The molecule has 0 amide bonds. The number of aromatic hydroxyl groups is 1. The molecule has 2 fully saturated rings. The average Bonchev–Trinajstić information content (AvgIpc) is 3.24. The van der Waals surface area contributed by atoms with Gasteiger partial charge in [0.15, 0.2) is 0 Å². The summed E-state index contributed by atoms with van der Waals surface area (Å²) in [5, 5.41) is 11.4. The summed E-state index contributed by atoms with van der Waals surface area (Å²) >= 11 is 1.26. The van der Waals surface area contributed by atoms with Crippen molar-refractivity contribution < 1.29 is 18.3 Å². The largest absolute Gasteiger partial charge is 0.508 e. The Hall–Kier alpha value is -1.65. The molecule has 3 heterocycles. The van der Waals surface area contributed by atoms with Gasteiger partial charge < -0.3 is 14.7 Å². The number of hydrogen-bond acceptors (Lipinski definition) is 7. The zero-order valence-corrected chi connectivity index (χ0v) is 18.1. The maximum Gasteiger partial charge on any atom is 0.252 e. The standard InChI is InChI=1S/C20H27N3O4S2/c1-16-13-21(10-11-27-16)14-18-15-22(29(25,26)20-3-2-12-28-20)8-9-23(18)17-4-6-19(24)7-5-17/h2-7,12,16,18,24H,8-11,13-15H2,1H3/t16-,18+/m1/s1. The number of thiophene rings is 1. The second-order valence-electron chi connectivity index (χ2n) is 7.60. The molecule has 4 rings (SSSR count). The smallest absolute Gasteiger partial charge is 0.252 e. The van der Waals surface area contributed by atoms with Crippen LogP contribution in [0.25, 0.3) is 0 Å². The fraction of sp³-hybridized carbons (Fsp3) is 0.500. The first-order valence-corrected chi connectivity index (χ1v) is 12.2. The third kappa shape index (κ3) is 4.59. The topological polar surface area (TPSA) is 73.3 Å². The van der Waals surface area contributed by atoms with Crippen LogP contribution >= 0.6 is 11.3 Å². The van der Waals surface area contributed by atoms with Crippen LogP contribution in [0, 0.1) is 0 Å². The van der Waals surface area contributed by atoms with Gasteiger partial charge in [0.1, 0.15) is 9.96 Å². The highest BCUT2D eigenvalue weighted by Crippen LogP contribution is 2.28. The summed E-state index contributed by atoms with van der Waals surface area (Å²) in [6.45, 7) is 6.72. The molecule has 2 saturated heterocycles. The molecule has 2 atom stereocenters. The molecule has 0 radical (unpaired) electrons. The number of phenolic OH excluding ortho intramolecular Hbond substituents is 1. The number of piperazine rings is 1. The molecule has 0 aliphatic carbocycles. The molecular weight excluding hydrogens is 410 g/mol. The predicted octanol–water partition coefficient (Wildman–Crippen LogP) is 2.05. The summed E-state index contributed by atoms with van der Waals surface area (Å²) in [6, 6.07) is 10.6. The van der Waals surface area contributed by atoms with Crippen LogP contribution in [0.4, 0.5) is 5.69 Å². The Balaban J connectivity index is 1.57. The van der Waals surface area contributed by atoms with Crippen molar-refractivity contribution in [1.29, 1.82) is 0 Å². The maximum absolute atomic E-state index is 13.1. The van der Waals surface area contributed by atoms with Crippen molar-refractivity contribution in [3.05, 3.63) is 41.8 Å². The molecule has 7 nitrogen and oxygen atoms in total. The van der Waals surface area contributed by atoms with Gasteiger partial charge in [-0.15, -0.1) is 11.3 Å². The zero-order chi connectivity index (χ0) is 20.4. The fourth-order valence-electron chi connectivity index (χ4n) is 4.08. The van der Waals surface area contributed by atoms with Gasteiger partial charge in [0.05, 0.1) is 18.8 Å². The molecule has 1 aromatic carbocycles. The van der Waals surface area contributed by atoms with Gasteiger partial charge in [-0.25, -0.2) is 8.42 Å². The van der Waals surface area contributed by atoms with E-state index in [0.29, 0.717) is 30.5 Å². The molecule has 1 aromatic heterocycles. The minimum absolute atomic E-state index is 0.0216. The van der Waals surface area contributed by atoms with Crippen LogP contribution in [-0.2, 0) is 14.8 Å². The lowest BCUT2D eigenvalue weighted by Crippen LogP contribution is -2.59. The van der Waals surface area contributed by atoms with E-state index in [0.717, 1.165) is 25.3 Å². The van der Waals surface area contributed by atoms with Crippen molar-refractivity contribution >= 4 is 27.0 Å². The first-order valence-electron chi connectivity index (χ1n) is 9.87. The number of ether oxygens (including phenoxy) is 1. The summed E-state index contributed by atoms with van der Waals surface area (Å²) in [4.78, 5) is 4.62. The average molecular weight is 438 g/mol. The van der Waals surface area contributed by atoms with Crippen LogP contribution in [0.15, 0.2) is 46.0 Å². The van der Waals surface area contributed by atoms with Crippen LogP contribution in [-0.4, -0.2) is 80.8 Å². The van der Waals surface area contributed by atoms with Crippen LogP contribution < -0.4 is 4.90 Å². The number of phenols is 1. The van der Waals surface area contributed by atoms with Gasteiger partial charge in [0, 0.05) is 45.0 Å². The lowest BCUT2D eigenvalue weighted by atomic mass is 10.1. The Morgan fingerprint density at radius 1 is 1.14 bits per heavy atom. The van der Waals surface area contributed by atoms with Crippen molar-refractivity contribution in [2.45, 2.75) is 23.3 Å². The highest BCUT2D eigenvalue weighted by Gasteiger charge is 2.36. The second kappa shape index (κ2) is 8.61. The number of benzene rings is 1. The minimum Gasteiger partial charge on any atom is -0.508 e. The molecule has 0 bridgehead atoms. The fourth-order valence-corrected chi connectivity index (χ4v) is 6.69. The maximum atomic E-state index is 13.1. The number of morpholine rings is 1. The van der Waals surface area contributed by atoms with Gasteiger partial charge in [-0.05, 0) is 42.6 Å². The quantitative estimate of drug-likeness (QED) is 0.772. The zero-order valence-electron chi connectivity index (χ0n) is 16.5. The Labute approximate surface area is 176 Å². The predicted molar refractivity (Wildman–Crippen MR) is 114 cm³/mol. The highest BCUT2D eigenvalue weighted by molar-refractivity contribution is 7.91. The molecular formula is C20H27N3O4S2. The van der Waals surface area contributed by atoms with Gasteiger partial charge in [-0.1, -0.05) is 6.07 Å². The van der Waals surface area contributed by atoms with Crippen LogP contribution in [0.2, 0.25) is 0 Å². The summed E-state index contributed by atoms with van der Waals surface area (Å²) in [6.07, 6.45) is 0.181. The Morgan fingerprint density at radius 3 is 2.62 bits per heavy atom. The third-order valence-corrected chi connectivity index (χ3v) is 8.75. The van der Waals surface area contributed by atoms with Crippen LogP contribution in [0.3, 0.4) is 0 Å². The van der Waals surface area contributed by atoms with Crippen molar-refractivity contribution in [2.24, 2.45) is 0 Å². The summed E-state index contributed by atoms with van der Waals surface area (Å²) in [7, 11) is -3.47. The highest BCUT2D eigenvalue weighted by atomic mass is 32.2. The van der Waals surface area contributed by atoms with Crippen LogP contribution in [0.1, 0.15) is 6.92 Å². The number of anilines is 1. The van der Waals surface area contributed by atoms with Crippen molar-refractivity contribution in [3.63, 3.8) is 0 Å². The molecule has 2 aliphatic heterocycles. The number of hydrogen-bond donors (Lipinski definition) is 1. The Kier molecular flexibility index (Phi) is 6.12. The van der Waals surface area contributed by atoms with E-state index in [1.54, 1.807) is 34.0 Å². The van der Waals surface area contributed by atoms with Gasteiger partial charge >= 0.3 is 0 Å². The normalized spacial score (nSPS) is 24.7. The molecule has 9 heteroatoms. The summed E-state index contributed by atoms with van der Waals surface area (Å²) < 4.78 is 33.8. The third-order valence-electron chi connectivity index (χ3n) is 5.51. The summed E-state index contributed by atoms with van der Waals surface area (Å²) in [5.74, 6) is 0.228. The molecule has 0 spiro atoms. The first kappa shape index (κ1) is 20.6. The van der Waals surface area contributed by atoms with E-state index in [1.165, 1.54) is 11.3 Å². The van der Waals surface area contributed by atoms with E-state index in [9.17, 15) is 13.5 Å². The van der Waals surface area contributed by atoms with Crippen molar-refractivity contribution in [2.75, 3.05) is 50.8 Å². The van der Waals surface area contributed by atoms with E-state index < -0.39 is 10.0 Å². The van der Waals surface area contributed by atoms with E-state index in [2.05, 4.69) is 16.7 Å². The lowest BCUT2D eigenvalue weighted by Gasteiger charge is -2.44.